The van der Waals surface area contributed by atoms with Crippen molar-refractivity contribution in [2.24, 2.45) is 5.92 Å². The smallest absolute Gasteiger partial charge is 0.165 e. The fourth-order valence-corrected chi connectivity index (χ4v) is 4.51. The Hall–Kier alpha value is -1.57. The van der Waals surface area contributed by atoms with Gasteiger partial charge in [0.2, 0.25) is 0 Å². The molecule has 4 heteroatoms. The Labute approximate surface area is 132 Å². The average Bonchev–Trinajstić information content (AvgIpc) is 2.55. The summed E-state index contributed by atoms with van der Waals surface area (Å²) in [6.45, 7) is 1.33. The molecule has 1 aliphatic carbocycles. The Balaban J connectivity index is 2.03. The number of fused-ring (bicyclic) bond motifs is 1. The normalized spacial score (nSPS) is 34.5. The number of hydrogen-bond donors (Lipinski definition) is 2. The molecular weight excluding hydrogens is 276 g/mol. The molecule has 0 amide bonds. The van der Waals surface area contributed by atoms with Crippen LogP contribution in [0.1, 0.15) is 43.7 Å². The van der Waals surface area contributed by atoms with Gasteiger partial charge in [-0.15, -0.1) is 0 Å². The van der Waals surface area contributed by atoms with Gasteiger partial charge in [0.05, 0.1) is 24.8 Å². The van der Waals surface area contributed by atoms with Gasteiger partial charge in [0.1, 0.15) is 17.9 Å². The van der Waals surface area contributed by atoms with Crippen molar-refractivity contribution in [3.05, 3.63) is 29.8 Å². The summed E-state index contributed by atoms with van der Waals surface area (Å²) in [6, 6.07) is 10.6. The lowest BCUT2D eigenvalue weighted by Gasteiger charge is -2.49. The van der Waals surface area contributed by atoms with Crippen LogP contribution in [0.2, 0.25) is 0 Å². The summed E-state index contributed by atoms with van der Waals surface area (Å²) in [5, 5.41) is 20.3. The van der Waals surface area contributed by atoms with E-state index in [-0.39, 0.29) is 12.0 Å². The van der Waals surface area contributed by atoms with E-state index in [1.807, 2.05) is 18.2 Å². The summed E-state index contributed by atoms with van der Waals surface area (Å²) < 4.78 is 5.56. The van der Waals surface area contributed by atoms with E-state index in [2.05, 4.69) is 12.1 Å². The fraction of sp³-hybridized carbons (Fsp3) is 0.611. The average molecular weight is 301 g/mol. The number of nitrogens with zero attached hydrogens (tertiary/aromatic N) is 1. The summed E-state index contributed by atoms with van der Waals surface area (Å²) in [5.74, 6) is 1.09. The predicted molar refractivity (Wildman–Crippen MR) is 83.6 cm³/mol. The van der Waals surface area contributed by atoms with Crippen LogP contribution in [0, 0.1) is 17.2 Å². The van der Waals surface area contributed by atoms with Crippen molar-refractivity contribution in [3.8, 4) is 11.8 Å². The number of quaternary nitrogens is 1. The van der Waals surface area contributed by atoms with Crippen LogP contribution in [-0.2, 0) is 0 Å². The molecule has 1 heterocycles. The van der Waals surface area contributed by atoms with Crippen LogP contribution in [0.25, 0.3) is 0 Å². The molecular formula is C18H25N2O2+. The van der Waals surface area contributed by atoms with Crippen molar-refractivity contribution < 1.29 is 14.7 Å². The van der Waals surface area contributed by atoms with E-state index in [0.717, 1.165) is 43.5 Å². The van der Waals surface area contributed by atoms with E-state index in [0.29, 0.717) is 6.54 Å². The lowest BCUT2D eigenvalue weighted by molar-refractivity contribution is -0.938. The standard InChI is InChI=1S/C18H24N2O2/c1-22-16-8-3-2-6-14(16)17-15-7-4-5-9-18(15,21)10-12-20(17)13-11-19/h2-3,6,8,15,17,21H,4-5,7,9-10,12-13H2,1H3/p+1/t15-,17-,18+/m1/s1. The van der Waals surface area contributed by atoms with Gasteiger partial charge in [0.25, 0.3) is 0 Å². The van der Waals surface area contributed by atoms with Gasteiger partial charge in [0.15, 0.2) is 6.54 Å². The maximum atomic E-state index is 11.1. The van der Waals surface area contributed by atoms with Crippen molar-refractivity contribution >= 4 is 0 Å². The Morgan fingerprint density at radius 3 is 2.95 bits per heavy atom. The van der Waals surface area contributed by atoms with Gasteiger partial charge in [0, 0.05) is 12.3 Å². The molecule has 0 bridgehead atoms. The van der Waals surface area contributed by atoms with E-state index < -0.39 is 5.60 Å². The molecule has 1 unspecified atom stereocenters. The number of para-hydroxylation sites is 1. The van der Waals surface area contributed by atoms with Gasteiger partial charge in [-0.3, -0.25) is 0 Å². The van der Waals surface area contributed by atoms with Crippen LogP contribution in [0.15, 0.2) is 24.3 Å². The number of rotatable bonds is 3. The Morgan fingerprint density at radius 1 is 1.36 bits per heavy atom. The number of methoxy groups -OCH3 is 1. The number of hydrogen-bond acceptors (Lipinski definition) is 3. The molecule has 4 atom stereocenters. The molecule has 1 saturated carbocycles. The number of benzene rings is 1. The lowest BCUT2D eigenvalue weighted by Crippen LogP contribution is -3.15. The first-order valence-electron chi connectivity index (χ1n) is 8.26. The molecule has 1 aliphatic heterocycles. The van der Waals surface area contributed by atoms with Crippen molar-refractivity contribution in [1.82, 2.24) is 0 Å². The first kappa shape index (κ1) is 15.3. The summed E-state index contributed by atoms with van der Waals surface area (Å²) in [4.78, 5) is 1.27. The molecule has 4 nitrogen and oxygen atoms in total. The van der Waals surface area contributed by atoms with Crippen LogP contribution in [0.5, 0.6) is 5.75 Å². The molecule has 0 radical (unpaired) electrons. The monoisotopic (exact) mass is 301 g/mol. The van der Waals surface area contributed by atoms with Crippen LogP contribution in [0.4, 0.5) is 0 Å². The number of nitrogens with one attached hydrogen (secondary N) is 1. The van der Waals surface area contributed by atoms with E-state index in [9.17, 15) is 10.4 Å². The highest BCUT2D eigenvalue weighted by atomic mass is 16.5. The molecule has 1 aromatic carbocycles. The SMILES string of the molecule is COc1ccccc1[C@@H]1[C@H]2CCCC[C@]2(O)CC[NH+]1CC#N. The first-order valence-corrected chi connectivity index (χ1v) is 8.26. The summed E-state index contributed by atoms with van der Waals surface area (Å²) in [7, 11) is 1.69. The highest BCUT2D eigenvalue weighted by Gasteiger charge is 2.52. The van der Waals surface area contributed by atoms with Gasteiger partial charge in [-0.2, -0.15) is 5.26 Å². The molecule has 3 rings (SSSR count). The highest BCUT2D eigenvalue weighted by Crippen LogP contribution is 2.45. The molecule has 1 aromatic rings. The third-order valence-corrected chi connectivity index (χ3v) is 5.57. The Kier molecular flexibility index (Phi) is 4.37. The third-order valence-electron chi connectivity index (χ3n) is 5.57. The van der Waals surface area contributed by atoms with Crippen molar-refractivity contribution in [2.75, 3.05) is 20.2 Å². The zero-order chi connectivity index (χ0) is 15.6. The molecule has 2 fully saturated rings. The van der Waals surface area contributed by atoms with Crippen LogP contribution in [-0.4, -0.2) is 30.9 Å². The minimum absolute atomic E-state index is 0.148. The third kappa shape index (κ3) is 2.60. The Bertz CT molecular complexity index is 568. The van der Waals surface area contributed by atoms with Crippen molar-refractivity contribution in [2.45, 2.75) is 43.7 Å². The van der Waals surface area contributed by atoms with E-state index in [1.54, 1.807) is 7.11 Å². The van der Waals surface area contributed by atoms with Gasteiger partial charge >= 0.3 is 0 Å². The minimum atomic E-state index is -0.567. The number of nitriles is 1. The first-order chi connectivity index (χ1) is 10.7. The number of aliphatic hydroxyl groups is 1. The van der Waals surface area contributed by atoms with Gasteiger partial charge < -0.3 is 14.7 Å². The van der Waals surface area contributed by atoms with Crippen LogP contribution in [0.3, 0.4) is 0 Å². The van der Waals surface area contributed by atoms with Crippen LogP contribution < -0.4 is 9.64 Å². The number of ether oxygens (including phenoxy) is 1. The number of likely N-dealkylation sites (tertiary alicyclic amines) is 1. The van der Waals surface area contributed by atoms with Crippen molar-refractivity contribution in [1.29, 1.82) is 5.26 Å². The second-order valence-electron chi connectivity index (χ2n) is 6.67. The maximum Gasteiger partial charge on any atom is 0.165 e. The predicted octanol–water partition coefficient (Wildman–Crippen LogP) is 1.47. The van der Waals surface area contributed by atoms with Gasteiger partial charge in [-0.25, -0.2) is 0 Å². The van der Waals surface area contributed by atoms with E-state index >= 15 is 0 Å². The zero-order valence-electron chi connectivity index (χ0n) is 13.2. The summed E-state index contributed by atoms with van der Waals surface area (Å²) >= 11 is 0. The fourth-order valence-electron chi connectivity index (χ4n) is 4.51. The quantitative estimate of drug-likeness (QED) is 0.831. The largest absolute Gasteiger partial charge is 0.496 e. The molecule has 2 N–H and O–H groups in total. The second-order valence-corrected chi connectivity index (χ2v) is 6.67. The summed E-state index contributed by atoms with van der Waals surface area (Å²) in [6.07, 6.45) is 5.01. The molecule has 2 aliphatic rings. The topological polar surface area (TPSA) is 57.7 Å². The number of piperidine rings is 1. The van der Waals surface area contributed by atoms with Gasteiger partial charge in [-0.1, -0.05) is 25.0 Å². The maximum absolute atomic E-state index is 11.1. The molecule has 0 spiro atoms. The van der Waals surface area contributed by atoms with E-state index in [1.165, 1.54) is 11.3 Å². The summed E-state index contributed by atoms with van der Waals surface area (Å²) in [5.41, 5.74) is 0.572. The molecule has 22 heavy (non-hydrogen) atoms. The second kappa shape index (κ2) is 6.28. The minimum Gasteiger partial charge on any atom is -0.496 e. The highest BCUT2D eigenvalue weighted by molar-refractivity contribution is 5.36. The molecule has 1 saturated heterocycles. The van der Waals surface area contributed by atoms with Crippen LogP contribution >= 0.6 is 0 Å². The van der Waals surface area contributed by atoms with Crippen molar-refractivity contribution in [3.63, 3.8) is 0 Å². The Morgan fingerprint density at radius 2 is 2.18 bits per heavy atom. The molecule has 0 aromatic heterocycles. The van der Waals surface area contributed by atoms with Gasteiger partial charge in [-0.05, 0) is 25.0 Å². The molecule has 118 valence electrons. The lowest BCUT2D eigenvalue weighted by atomic mass is 9.66. The zero-order valence-corrected chi connectivity index (χ0v) is 13.2. The van der Waals surface area contributed by atoms with E-state index in [4.69, 9.17) is 4.74 Å².